The quantitative estimate of drug-likeness (QED) is 0.445. The fourth-order valence-electron chi connectivity index (χ4n) is 1.79. The molecule has 1 fully saturated rings. The second-order valence-electron chi connectivity index (χ2n) is 3.04. The fourth-order valence-corrected chi connectivity index (χ4v) is 1.79. The molecule has 0 unspecified atom stereocenters. The molecule has 0 saturated heterocycles. The molecule has 0 N–H and O–H groups in total. The topological polar surface area (TPSA) is 0 Å². The maximum Gasteiger partial charge on any atom is -0.00127 e. The van der Waals surface area contributed by atoms with Gasteiger partial charge in [0.25, 0.3) is 0 Å². The van der Waals surface area contributed by atoms with Gasteiger partial charge in [0.2, 0.25) is 0 Å². The van der Waals surface area contributed by atoms with Crippen LogP contribution in [0.3, 0.4) is 0 Å². The summed E-state index contributed by atoms with van der Waals surface area (Å²) in [4.78, 5) is 0. The van der Waals surface area contributed by atoms with Crippen molar-refractivity contribution in [2.75, 3.05) is 0 Å². The van der Waals surface area contributed by atoms with Crippen LogP contribution < -0.4 is 0 Å². The average molecular weight is 107 g/mol. The Hall–Kier alpha value is -0.260. The molecule has 0 heteroatoms. The molecular formula is C8H11. The first kappa shape index (κ1) is 4.60. The monoisotopic (exact) mass is 107 g/mol. The molecule has 0 nitrogen and oxygen atoms in total. The van der Waals surface area contributed by atoms with E-state index in [0.29, 0.717) is 5.41 Å². The lowest BCUT2D eigenvalue weighted by atomic mass is 9.75. The number of rotatable bonds is 0. The summed E-state index contributed by atoms with van der Waals surface area (Å²) >= 11 is 0. The molecule has 0 aromatic carbocycles. The number of hydrogen-bond acceptors (Lipinski definition) is 0. The Morgan fingerprint density at radius 1 is 1.25 bits per heavy atom. The Morgan fingerprint density at radius 2 is 1.88 bits per heavy atom. The van der Waals surface area contributed by atoms with Gasteiger partial charge in [0.1, 0.15) is 0 Å². The van der Waals surface area contributed by atoms with Crippen LogP contribution in [0.25, 0.3) is 0 Å². The molecule has 2 aliphatic carbocycles. The van der Waals surface area contributed by atoms with Crippen LogP contribution in [0.1, 0.15) is 32.1 Å². The molecule has 1 saturated carbocycles. The van der Waals surface area contributed by atoms with E-state index in [2.05, 4.69) is 12.2 Å². The van der Waals surface area contributed by atoms with Crippen molar-refractivity contribution in [3.05, 3.63) is 12.2 Å². The van der Waals surface area contributed by atoms with Crippen LogP contribution in [0.5, 0.6) is 0 Å². The zero-order valence-corrected chi connectivity index (χ0v) is 5.11. The second-order valence-corrected chi connectivity index (χ2v) is 3.04. The lowest BCUT2D eigenvalue weighted by Gasteiger charge is -2.29. The third kappa shape index (κ3) is 0.460. The molecule has 43 valence electrons. The molecule has 0 aromatic rings. The van der Waals surface area contributed by atoms with Gasteiger partial charge in [0, 0.05) is 0 Å². The molecule has 1 spiro atoms. The lowest BCUT2D eigenvalue weighted by molar-refractivity contribution is 0.344. The van der Waals surface area contributed by atoms with Crippen molar-refractivity contribution < 1.29 is 0 Å². The third-order valence-electron chi connectivity index (χ3n) is 2.46. The van der Waals surface area contributed by atoms with E-state index < -0.39 is 0 Å². The summed E-state index contributed by atoms with van der Waals surface area (Å²) in [5.41, 5.74) is 0.611. The molecule has 0 aliphatic heterocycles. The second kappa shape index (κ2) is 1.37. The van der Waals surface area contributed by atoms with Gasteiger partial charge < -0.3 is 0 Å². The van der Waals surface area contributed by atoms with Gasteiger partial charge in [-0.1, -0.05) is 18.9 Å². The van der Waals surface area contributed by atoms with Crippen LogP contribution in [0.15, 0.2) is 6.08 Å². The molecular weight excluding hydrogens is 96.1 g/mol. The van der Waals surface area contributed by atoms with Gasteiger partial charge in [-0.15, -0.1) is 0 Å². The predicted molar refractivity (Wildman–Crippen MR) is 33.3 cm³/mol. The Kier molecular flexibility index (Phi) is 0.787. The number of allylic oxidation sites excluding steroid dienone is 2. The van der Waals surface area contributed by atoms with Crippen molar-refractivity contribution >= 4 is 0 Å². The van der Waals surface area contributed by atoms with Gasteiger partial charge in [0.15, 0.2) is 0 Å². The molecule has 0 aromatic heterocycles. The zero-order valence-electron chi connectivity index (χ0n) is 5.11. The van der Waals surface area contributed by atoms with Crippen LogP contribution >= 0.6 is 0 Å². The van der Waals surface area contributed by atoms with E-state index in [1.54, 1.807) is 0 Å². The molecule has 0 atom stereocenters. The van der Waals surface area contributed by atoms with E-state index >= 15 is 0 Å². The van der Waals surface area contributed by atoms with Crippen molar-refractivity contribution in [3.8, 4) is 0 Å². The molecule has 8 heavy (non-hydrogen) atoms. The summed E-state index contributed by atoms with van der Waals surface area (Å²) < 4.78 is 0. The highest BCUT2D eigenvalue weighted by atomic mass is 14.4. The van der Waals surface area contributed by atoms with Gasteiger partial charge >= 0.3 is 0 Å². The maximum absolute atomic E-state index is 3.40. The van der Waals surface area contributed by atoms with Gasteiger partial charge in [-0.3, -0.25) is 0 Å². The van der Waals surface area contributed by atoms with Crippen molar-refractivity contribution in [2.45, 2.75) is 32.1 Å². The highest BCUT2D eigenvalue weighted by Crippen LogP contribution is 2.46. The van der Waals surface area contributed by atoms with E-state index in [-0.39, 0.29) is 0 Å². The molecule has 0 bridgehead atoms. The summed E-state index contributed by atoms with van der Waals surface area (Å²) in [6.45, 7) is 0. The molecule has 2 aliphatic rings. The third-order valence-corrected chi connectivity index (χ3v) is 2.46. The summed E-state index contributed by atoms with van der Waals surface area (Å²) in [5, 5.41) is 0. The SMILES string of the molecule is [C]1=CCC12CCCC2. The molecule has 2 rings (SSSR count). The minimum Gasteiger partial charge on any atom is -0.0796 e. The average Bonchev–Trinajstić information content (AvgIpc) is 2.07. The Labute approximate surface area is 50.6 Å². The summed E-state index contributed by atoms with van der Waals surface area (Å²) in [6.07, 6.45) is 12.6. The van der Waals surface area contributed by atoms with E-state index in [1.807, 2.05) is 0 Å². The van der Waals surface area contributed by atoms with Gasteiger partial charge in [0.05, 0.1) is 0 Å². The van der Waals surface area contributed by atoms with E-state index in [0.717, 1.165) is 0 Å². The highest BCUT2D eigenvalue weighted by Gasteiger charge is 2.34. The van der Waals surface area contributed by atoms with Crippen molar-refractivity contribution in [3.63, 3.8) is 0 Å². The predicted octanol–water partition coefficient (Wildman–Crippen LogP) is 2.31. The largest absolute Gasteiger partial charge is 0.0796 e. The number of hydrogen-bond donors (Lipinski definition) is 0. The van der Waals surface area contributed by atoms with Gasteiger partial charge in [-0.2, -0.15) is 0 Å². The van der Waals surface area contributed by atoms with Crippen LogP contribution in [0.2, 0.25) is 0 Å². The highest BCUT2D eigenvalue weighted by molar-refractivity contribution is 5.08. The molecule has 0 heterocycles. The van der Waals surface area contributed by atoms with Gasteiger partial charge in [-0.25, -0.2) is 0 Å². The first-order valence-electron chi connectivity index (χ1n) is 3.51. The Balaban J connectivity index is 2.14. The molecule has 1 radical (unpaired) electrons. The van der Waals surface area contributed by atoms with E-state index in [4.69, 9.17) is 0 Å². The zero-order chi connectivity index (χ0) is 5.45. The van der Waals surface area contributed by atoms with Crippen molar-refractivity contribution in [2.24, 2.45) is 5.41 Å². The first-order valence-corrected chi connectivity index (χ1v) is 3.51. The summed E-state index contributed by atoms with van der Waals surface area (Å²) in [7, 11) is 0. The first-order chi connectivity index (χ1) is 3.91. The Bertz CT molecular complexity index is 116. The smallest absolute Gasteiger partial charge is 0.00127 e. The minimum absolute atomic E-state index is 0.611. The lowest BCUT2D eigenvalue weighted by Crippen LogP contribution is -2.18. The van der Waals surface area contributed by atoms with E-state index in [1.165, 1.54) is 32.1 Å². The Morgan fingerprint density at radius 3 is 2.12 bits per heavy atom. The maximum atomic E-state index is 3.40. The van der Waals surface area contributed by atoms with Crippen molar-refractivity contribution in [1.29, 1.82) is 0 Å². The van der Waals surface area contributed by atoms with Crippen LogP contribution in [0.4, 0.5) is 0 Å². The van der Waals surface area contributed by atoms with Gasteiger partial charge in [-0.05, 0) is 30.8 Å². The molecule has 0 amide bonds. The van der Waals surface area contributed by atoms with Crippen LogP contribution in [-0.2, 0) is 0 Å². The van der Waals surface area contributed by atoms with Crippen LogP contribution in [-0.4, -0.2) is 0 Å². The van der Waals surface area contributed by atoms with E-state index in [9.17, 15) is 0 Å². The van der Waals surface area contributed by atoms with Crippen molar-refractivity contribution in [1.82, 2.24) is 0 Å². The fraction of sp³-hybridized carbons (Fsp3) is 0.750. The normalized spacial score (nSPS) is 31.0. The minimum atomic E-state index is 0.611. The summed E-state index contributed by atoms with van der Waals surface area (Å²) in [5.74, 6) is 0. The standard InChI is InChI=1S/C8H11/c1-2-5-8(4-1)6-3-7-8/h3H,1-2,4-6H2. The van der Waals surface area contributed by atoms with Crippen LogP contribution in [0, 0.1) is 11.5 Å². The summed E-state index contributed by atoms with van der Waals surface area (Å²) in [6, 6.07) is 0.